The number of amides is 1. The summed E-state index contributed by atoms with van der Waals surface area (Å²) >= 11 is 1.67. The molecule has 1 amide bonds. The lowest BCUT2D eigenvalue weighted by molar-refractivity contribution is 0.0953. The molecule has 0 fully saturated rings. The maximum atomic E-state index is 13.0. The van der Waals surface area contributed by atoms with E-state index in [1.807, 2.05) is 37.3 Å². The van der Waals surface area contributed by atoms with Crippen molar-refractivity contribution in [3.63, 3.8) is 0 Å². The summed E-state index contributed by atoms with van der Waals surface area (Å²) in [6.45, 7) is 7.94. The standard InChI is InChI=1S/C26H29FN2OS.C3H4/c1-4-5-16-28-26(30)20-14-15-24-22(17-20)29-25(18(2)10-6-7-11-19(3)27)21-12-8-9-13-23(21)31-24;1-3-2/h8-15,17H,4-7,16H2,1-3H3,(H,28,30);1H,2H3/b18-10+,19-11?;. The van der Waals surface area contributed by atoms with E-state index in [4.69, 9.17) is 4.99 Å². The Hall–Kier alpha value is -3.10. The maximum absolute atomic E-state index is 13.0. The molecule has 2 aromatic carbocycles. The summed E-state index contributed by atoms with van der Waals surface area (Å²) in [6.07, 6.45) is 11.7. The summed E-state index contributed by atoms with van der Waals surface area (Å²) in [5, 5.41) is 2.98. The SMILES string of the molecule is C#CC.CCCCNC(=O)c1ccc2c(c1)N=C(/C(C)=C/CCC=C(C)F)c1ccccc1S2. The van der Waals surface area contributed by atoms with Crippen LogP contribution in [0.2, 0.25) is 0 Å². The molecule has 1 N–H and O–H groups in total. The van der Waals surface area contributed by atoms with Crippen LogP contribution < -0.4 is 5.32 Å². The second-order valence-corrected chi connectivity index (χ2v) is 8.98. The third-order valence-electron chi connectivity index (χ3n) is 5.05. The van der Waals surface area contributed by atoms with Gasteiger partial charge in [-0.15, -0.1) is 12.3 Å². The molecule has 3 rings (SSSR count). The van der Waals surface area contributed by atoms with E-state index in [1.54, 1.807) is 24.8 Å². The first-order valence-electron chi connectivity index (χ1n) is 11.6. The second-order valence-electron chi connectivity index (χ2n) is 7.89. The first-order chi connectivity index (χ1) is 16.4. The molecule has 34 heavy (non-hydrogen) atoms. The summed E-state index contributed by atoms with van der Waals surface area (Å²) in [4.78, 5) is 19.7. The minimum Gasteiger partial charge on any atom is -0.352 e. The van der Waals surface area contributed by atoms with Crippen LogP contribution in [0, 0.1) is 12.3 Å². The lowest BCUT2D eigenvalue weighted by atomic mass is 10.0. The van der Waals surface area contributed by atoms with Crippen LogP contribution in [0.5, 0.6) is 0 Å². The van der Waals surface area contributed by atoms with Crippen LogP contribution in [-0.4, -0.2) is 18.2 Å². The van der Waals surface area contributed by atoms with Crippen LogP contribution in [0.1, 0.15) is 69.3 Å². The van der Waals surface area contributed by atoms with E-state index in [0.29, 0.717) is 18.5 Å². The average Bonchev–Trinajstić information content (AvgIpc) is 2.98. The molecule has 1 aliphatic rings. The van der Waals surface area contributed by atoms with Gasteiger partial charge in [-0.2, -0.15) is 0 Å². The zero-order valence-electron chi connectivity index (χ0n) is 20.5. The fourth-order valence-corrected chi connectivity index (χ4v) is 4.35. The van der Waals surface area contributed by atoms with Crippen LogP contribution in [0.3, 0.4) is 0 Å². The number of fused-ring (bicyclic) bond motifs is 2. The third-order valence-corrected chi connectivity index (χ3v) is 6.19. The quantitative estimate of drug-likeness (QED) is 0.309. The van der Waals surface area contributed by atoms with Gasteiger partial charge in [-0.1, -0.05) is 55.5 Å². The number of rotatable bonds is 8. The summed E-state index contributed by atoms with van der Waals surface area (Å²) in [5.41, 5.74) is 4.43. The molecule has 0 spiro atoms. The summed E-state index contributed by atoms with van der Waals surface area (Å²) in [6, 6.07) is 13.9. The van der Waals surface area contributed by atoms with Crippen molar-refractivity contribution in [2.75, 3.05) is 6.54 Å². The van der Waals surface area contributed by atoms with Gasteiger partial charge >= 0.3 is 0 Å². The Morgan fingerprint density at radius 1 is 1.15 bits per heavy atom. The van der Waals surface area contributed by atoms with Crippen LogP contribution in [0.4, 0.5) is 10.1 Å². The minimum atomic E-state index is -0.154. The summed E-state index contributed by atoms with van der Waals surface area (Å²) < 4.78 is 13.0. The highest BCUT2D eigenvalue weighted by Gasteiger charge is 2.19. The Kier molecular flexibility index (Phi) is 11.4. The van der Waals surface area contributed by atoms with Crippen LogP contribution in [0.25, 0.3) is 0 Å². The number of hydrogen-bond acceptors (Lipinski definition) is 3. The predicted octanol–water partition coefficient (Wildman–Crippen LogP) is 8.04. The molecule has 0 saturated carbocycles. The third kappa shape index (κ3) is 8.04. The number of halogens is 1. The number of terminal acetylenes is 1. The van der Waals surface area contributed by atoms with E-state index >= 15 is 0 Å². The molecule has 178 valence electrons. The largest absolute Gasteiger partial charge is 0.352 e. The number of nitrogens with one attached hydrogen (secondary N) is 1. The molecule has 0 radical (unpaired) electrons. The van der Waals surface area contributed by atoms with Gasteiger partial charge in [0.25, 0.3) is 5.91 Å². The number of unbranched alkanes of at least 4 members (excludes halogenated alkanes) is 2. The number of carbonyl (C=O) groups excluding carboxylic acids is 1. The highest BCUT2D eigenvalue weighted by Crippen LogP contribution is 2.41. The highest BCUT2D eigenvalue weighted by atomic mass is 32.2. The number of allylic oxidation sites excluding steroid dienone is 4. The molecule has 0 atom stereocenters. The van der Waals surface area contributed by atoms with Gasteiger partial charge < -0.3 is 5.32 Å². The molecule has 0 saturated heterocycles. The molecule has 0 aliphatic carbocycles. The van der Waals surface area contributed by atoms with Gasteiger partial charge in [0, 0.05) is 27.5 Å². The second kappa shape index (κ2) is 14.2. The first-order valence-corrected chi connectivity index (χ1v) is 12.4. The fraction of sp³-hybridized carbons (Fsp3) is 0.310. The first kappa shape index (κ1) is 27.1. The van der Waals surface area contributed by atoms with Gasteiger partial charge in [0.15, 0.2) is 0 Å². The Labute approximate surface area is 207 Å². The fourth-order valence-electron chi connectivity index (χ4n) is 3.34. The molecule has 0 unspecified atom stereocenters. The predicted molar refractivity (Wildman–Crippen MR) is 143 cm³/mol. The van der Waals surface area contributed by atoms with E-state index in [0.717, 1.165) is 51.6 Å². The van der Waals surface area contributed by atoms with Crippen molar-refractivity contribution in [2.45, 2.75) is 63.2 Å². The highest BCUT2D eigenvalue weighted by molar-refractivity contribution is 7.99. The maximum Gasteiger partial charge on any atom is 0.251 e. The average molecular weight is 477 g/mol. The molecule has 1 aliphatic heterocycles. The summed E-state index contributed by atoms with van der Waals surface area (Å²) in [5.74, 6) is 2.03. The molecule has 0 bridgehead atoms. The van der Waals surface area contributed by atoms with Crippen molar-refractivity contribution in [3.8, 4) is 12.3 Å². The van der Waals surface area contributed by atoms with Crippen molar-refractivity contribution in [1.82, 2.24) is 5.32 Å². The molecule has 3 nitrogen and oxygen atoms in total. The van der Waals surface area contributed by atoms with E-state index < -0.39 is 0 Å². The zero-order chi connectivity index (χ0) is 24.9. The molecule has 1 heterocycles. The lowest BCUT2D eigenvalue weighted by Gasteiger charge is -2.09. The molecular weight excluding hydrogens is 443 g/mol. The smallest absolute Gasteiger partial charge is 0.251 e. The van der Waals surface area contributed by atoms with Crippen molar-refractivity contribution in [3.05, 3.63) is 77.1 Å². The Morgan fingerprint density at radius 3 is 2.56 bits per heavy atom. The zero-order valence-corrected chi connectivity index (χ0v) is 21.3. The molecular formula is C29H33FN2OS. The van der Waals surface area contributed by atoms with E-state index in [9.17, 15) is 9.18 Å². The van der Waals surface area contributed by atoms with E-state index in [2.05, 4.69) is 42.8 Å². The van der Waals surface area contributed by atoms with Gasteiger partial charge in [0.1, 0.15) is 0 Å². The van der Waals surface area contributed by atoms with Gasteiger partial charge in [-0.05, 0) is 69.9 Å². The van der Waals surface area contributed by atoms with Gasteiger partial charge in [0.2, 0.25) is 0 Å². The number of hydrogen-bond donors (Lipinski definition) is 1. The lowest BCUT2D eigenvalue weighted by Crippen LogP contribution is -2.24. The van der Waals surface area contributed by atoms with Gasteiger partial charge in [-0.3, -0.25) is 4.79 Å². The Morgan fingerprint density at radius 2 is 1.85 bits per heavy atom. The van der Waals surface area contributed by atoms with E-state index in [1.165, 1.54) is 6.92 Å². The number of nitrogens with zero attached hydrogens (tertiary/aromatic N) is 1. The molecule has 2 aromatic rings. The van der Waals surface area contributed by atoms with Gasteiger partial charge in [0.05, 0.1) is 17.2 Å². The number of benzene rings is 2. The van der Waals surface area contributed by atoms with Crippen LogP contribution in [0.15, 0.2) is 80.8 Å². The Bertz CT molecular complexity index is 1120. The van der Waals surface area contributed by atoms with Crippen molar-refractivity contribution < 1.29 is 9.18 Å². The molecule has 5 heteroatoms. The van der Waals surface area contributed by atoms with Gasteiger partial charge in [-0.25, -0.2) is 9.38 Å². The van der Waals surface area contributed by atoms with Crippen LogP contribution >= 0.6 is 11.8 Å². The normalized spacial score (nSPS) is 12.8. The van der Waals surface area contributed by atoms with Crippen LogP contribution in [-0.2, 0) is 0 Å². The topological polar surface area (TPSA) is 41.5 Å². The number of aliphatic imine (C=N–C) groups is 1. The van der Waals surface area contributed by atoms with Crippen molar-refractivity contribution in [1.29, 1.82) is 0 Å². The monoisotopic (exact) mass is 476 g/mol. The summed E-state index contributed by atoms with van der Waals surface area (Å²) in [7, 11) is 0. The van der Waals surface area contributed by atoms with Crippen molar-refractivity contribution >= 4 is 29.1 Å². The number of carbonyl (C=O) groups is 1. The minimum absolute atomic E-state index is 0.0691. The Balaban J connectivity index is 0.00000129. The van der Waals surface area contributed by atoms with E-state index in [-0.39, 0.29) is 11.7 Å². The van der Waals surface area contributed by atoms with Crippen molar-refractivity contribution in [2.24, 2.45) is 4.99 Å². The molecule has 0 aromatic heterocycles.